The van der Waals surface area contributed by atoms with Crippen LogP contribution in [0, 0.1) is 3.57 Å². The van der Waals surface area contributed by atoms with Crippen LogP contribution in [0.25, 0.3) is 0 Å². The summed E-state index contributed by atoms with van der Waals surface area (Å²) < 4.78 is 24.2. The second-order valence-electron chi connectivity index (χ2n) is 4.41. The van der Waals surface area contributed by atoms with Crippen molar-refractivity contribution in [1.82, 2.24) is 4.90 Å². The highest BCUT2D eigenvalue weighted by Gasteiger charge is 2.18. The normalized spacial score (nSPS) is 21.0. The fraction of sp³-hybridized carbons (Fsp3) is 0.500. The second kappa shape index (κ2) is 5.67. The van der Waals surface area contributed by atoms with E-state index in [1.807, 2.05) is 0 Å². The van der Waals surface area contributed by atoms with Crippen molar-refractivity contribution < 1.29 is 8.42 Å². The Labute approximate surface area is 116 Å². The Bertz CT molecular complexity index is 470. The van der Waals surface area contributed by atoms with Crippen molar-refractivity contribution in [1.29, 1.82) is 0 Å². The first-order valence-corrected chi connectivity index (χ1v) is 8.62. The maximum absolute atomic E-state index is 11.5. The number of rotatable bonds is 2. The molecule has 0 unspecified atom stereocenters. The van der Waals surface area contributed by atoms with E-state index >= 15 is 0 Å². The van der Waals surface area contributed by atoms with Crippen molar-refractivity contribution >= 4 is 32.4 Å². The third-order valence-electron chi connectivity index (χ3n) is 2.97. The number of sulfone groups is 1. The molecule has 0 atom stereocenters. The summed E-state index contributed by atoms with van der Waals surface area (Å²) in [6.45, 7) is 2.39. The van der Waals surface area contributed by atoms with Crippen LogP contribution < -0.4 is 0 Å². The quantitative estimate of drug-likeness (QED) is 0.752. The zero-order valence-corrected chi connectivity index (χ0v) is 12.6. The van der Waals surface area contributed by atoms with Gasteiger partial charge in [-0.1, -0.05) is 12.1 Å². The van der Waals surface area contributed by atoms with E-state index in [2.05, 4.69) is 51.8 Å². The van der Waals surface area contributed by atoms with Crippen LogP contribution in [0.4, 0.5) is 0 Å². The lowest BCUT2D eigenvalue weighted by molar-refractivity contribution is 0.287. The van der Waals surface area contributed by atoms with E-state index in [0.29, 0.717) is 18.1 Å². The molecule has 0 N–H and O–H groups in total. The van der Waals surface area contributed by atoms with Gasteiger partial charge in [-0.2, -0.15) is 0 Å². The maximum Gasteiger partial charge on any atom is 0.151 e. The summed E-state index contributed by atoms with van der Waals surface area (Å²) in [6, 6.07) is 8.40. The lowest BCUT2D eigenvalue weighted by atomic mass is 10.2. The topological polar surface area (TPSA) is 37.4 Å². The van der Waals surface area contributed by atoms with E-state index in [-0.39, 0.29) is 0 Å². The lowest BCUT2D eigenvalue weighted by Gasteiger charge is -2.19. The second-order valence-corrected chi connectivity index (χ2v) is 7.96. The van der Waals surface area contributed by atoms with Crippen LogP contribution in [-0.4, -0.2) is 37.9 Å². The molecule has 1 aliphatic heterocycles. The molecule has 1 heterocycles. The van der Waals surface area contributed by atoms with Gasteiger partial charge >= 0.3 is 0 Å². The monoisotopic (exact) mass is 365 g/mol. The van der Waals surface area contributed by atoms with Crippen LogP contribution >= 0.6 is 22.6 Å². The summed E-state index contributed by atoms with van der Waals surface area (Å²) >= 11 is 2.29. The fourth-order valence-corrected chi connectivity index (χ4v) is 3.67. The number of hydrogen-bond donors (Lipinski definition) is 0. The van der Waals surface area contributed by atoms with Crippen molar-refractivity contribution in [2.75, 3.05) is 24.6 Å². The third-order valence-corrected chi connectivity index (χ3v) is 5.40. The van der Waals surface area contributed by atoms with Crippen LogP contribution in [0.3, 0.4) is 0 Å². The molecule has 0 spiro atoms. The zero-order chi connectivity index (χ0) is 12.3. The summed E-state index contributed by atoms with van der Waals surface area (Å²) in [4.78, 5) is 2.23. The summed E-state index contributed by atoms with van der Waals surface area (Å²) in [6.07, 6.45) is 0.757. The standard InChI is InChI=1S/C12H16INO2S/c13-12-4-2-11(3-5-12)10-14-6-1-8-17(15,16)9-7-14/h2-5H,1,6-10H2. The van der Waals surface area contributed by atoms with E-state index in [9.17, 15) is 8.42 Å². The van der Waals surface area contributed by atoms with Crippen LogP contribution in [0.1, 0.15) is 12.0 Å². The van der Waals surface area contributed by atoms with E-state index in [1.54, 1.807) is 0 Å². The number of benzene rings is 1. The number of halogens is 1. The van der Waals surface area contributed by atoms with Crippen LogP contribution in [-0.2, 0) is 16.4 Å². The Morgan fingerprint density at radius 2 is 1.82 bits per heavy atom. The molecule has 1 saturated heterocycles. The molecule has 0 radical (unpaired) electrons. The van der Waals surface area contributed by atoms with E-state index in [4.69, 9.17) is 0 Å². The first kappa shape index (κ1) is 13.3. The molecular formula is C12H16INO2S. The molecule has 1 aromatic rings. The molecule has 0 aliphatic carbocycles. The highest BCUT2D eigenvalue weighted by atomic mass is 127. The molecule has 94 valence electrons. The predicted octanol–water partition coefficient (Wildman–Crippen LogP) is 1.91. The number of hydrogen-bond acceptors (Lipinski definition) is 3. The zero-order valence-electron chi connectivity index (χ0n) is 9.60. The van der Waals surface area contributed by atoms with E-state index in [1.165, 1.54) is 9.13 Å². The first-order chi connectivity index (χ1) is 8.05. The Balaban J connectivity index is 1.97. The summed E-state index contributed by atoms with van der Waals surface area (Å²) in [5.74, 6) is 0.646. The average molecular weight is 365 g/mol. The molecule has 1 aromatic carbocycles. The first-order valence-electron chi connectivity index (χ1n) is 5.72. The van der Waals surface area contributed by atoms with Gasteiger partial charge in [0.1, 0.15) is 0 Å². The van der Waals surface area contributed by atoms with Crippen molar-refractivity contribution in [3.05, 3.63) is 33.4 Å². The third kappa shape index (κ3) is 4.22. The maximum atomic E-state index is 11.5. The highest BCUT2D eigenvalue weighted by Crippen LogP contribution is 2.12. The van der Waals surface area contributed by atoms with Gasteiger partial charge in [0.15, 0.2) is 9.84 Å². The largest absolute Gasteiger partial charge is 0.298 e. The van der Waals surface area contributed by atoms with E-state index in [0.717, 1.165) is 19.5 Å². The van der Waals surface area contributed by atoms with Crippen molar-refractivity contribution in [2.24, 2.45) is 0 Å². The van der Waals surface area contributed by atoms with Gasteiger partial charge in [0, 0.05) is 16.7 Å². The Morgan fingerprint density at radius 1 is 1.12 bits per heavy atom. The van der Waals surface area contributed by atoms with Gasteiger partial charge in [0.2, 0.25) is 0 Å². The molecule has 0 aromatic heterocycles. The van der Waals surface area contributed by atoms with Gasteiger partial charge in [-0.05, 0) is 53.3 Å². The van der Waals surface area contributed by atoms with Crippen molar-refractivity contribution in [3.63, 3.8) is 0 Å². The minimum Gasteiger partial charge on any atom is -0.298 e. The minimum absolute atomic E-state index is 0.303. The van der Waals surface area contributed by atoms with Gasteiger partial charge in [0.05, 0.1) is 11.5 Å². The van der Waals surface area contributed by atoms with Crippen LogP contribution in [0.15, 0.2) is 24.3 Å². The number of nitrogens with zero attached hydrogens (tertiary/aromatic N) is 1. The molecule has 3 nitrogen and oxygen atoms in total. The average Bonchev–Trinajstić information content (AvgIpc) is 2.44. The molecule has 17 heavy (non-hydrogen) atoms. The molecule has 5 heteroatoms. The van der Waals surface area contributed by atoms with Gasteiger partial charge in [-0.3, -0.25) is 4.90 Å². The summed E-state index contributed by atoms with van der Waals surface area (Å²) in [5.41, 5.74) is 1.25. The van der Waals surface area contributed by atoms with Crippen molar-refractivity contribution in [2.45, 2.75) is 13.0 Å². The Kier molecular flexibility index (Phi) is 4.43. The molecular weight excluding hydrogens is 349 g/mol. The molecule has 0 amide bonds. The lowest BCUT2D eigenvalue weighted by Crippen LogP contribution is -2.26. The Morgan fingerprint density at radius 3 is 2.53 bits per heavy atom. The molecule has 0 saturated carbocycles. The summed E-state index contributed by atoms with van der Waals surface area (Å²) in [7, 11) is -2.79. The van der Waals surface area contributed by atoms with Gasteiger partial charge in [-0.15, -0.1) is 0 Å². The van der Waals surface area contributed by atoms with Gasteiger partial charge in [0.25, 0.3) is 0 Å². The minimum atomic E-state index is -2.79. The molecule has 2 rings (SSSR count). The SMILES string of the molecule is O=S1(=O)CCCN(Cc2ccc(I)cc2)CC1. The predicted molar refractivity (Wildman–Crippen MR) is 77.7 cm³/mol. The van der Waals surface area contributed by atoms with Crippen LogP contribution in [0.2, 0.25) is 0 Å². The van der Waals surface area contributed by atoms with Gasteiger partial charge in [-0.25, -0.2) is 8.42 Å². The Hall–Kier alpha value is -0.140. The molecule has 0 bridgehead atoms. The van der Waals surface area contributed by atoms with Crippen LogP contribution in [0.5, 0.6) is 0 Å². The molecule has 1 fully saturated rings. The van der Waals surface area contributed by atoms with E-state index < -0.39 is 9.84 Å². The van der Waals surface area contributed by atoms with Crippen molar-refractivity contribution in [3.8, 4) is 0 Å². The fourth-order valence-electron chi connectivity index (χ4n) is 2.00. The highest BCUT2D eigenvalue weighted by molar-refractivity contribution is 14.1. The van der Waals surface area contributed by atoms with Gasteiger partial charge < -0.3 is 0 Å². The smallest absolute Gasteiger partial charge is 0.151 e. The molecule has 1 aliphatic rings. The summed E-state index contributed by atoms with van der Waals surface area (Å²) in [5, 5.41) is 0.